The van der Waals surface area contributed by atoms with Crippen LogP contribution >= 0.6 is 0 Å². The summed E-state index contributed by atoms with van der Waals surface area (Å²) in [6.07, 6.45) is 1.64. The van der Waals surface area contributed by atoms with E-state index in [-0.39, 0.29) is 18.4 Å². The van der Waals surface area contributed by atoms with E-state index in [0.717, 1.165) is 29.7 Å². The van der Waals surface area contributed by atoms with Gasteiger partial charge in [0.1, 0.15) is 0 Å². The van der Waals surface area contributed by atoms with E-state index in [2.05, 4.69) is 27.5 Å². The standard InChI is InChI=1S/C16H20N4O2/c1-4-11-12(5-2)20-14-8-10(6-7-13(14)19-11)16(22)18-9-15(21)17-3/h6-8H,4-5,9H2,1-3H3,(H,17,21)(H,18,22). The molecular formula is C16H20N4O2. The molecule has 0 bridgehead atoms. The van der Waals surface area contributed by atoms with Crippen molar-refractivity contribution in [1.29, 1.82) is 0 Å². The Kier molecular flexibility index (Phi) is 5.04. The first-order valence-corrected chi connectivity index (χ1v) is 7.37. The van der Waals surface area contributed by atoms with Crippen molar-refractivity contribution >= 4 is 22.8 Å². The van der Waals surface area contributed by atoms with Crippen LogP contribution in [0.4, 0.5) is 0 Å². The van der Waals surface area contributed by atoms with Crippen molar-refractivity contribution in [1.82, 2.24) is 20.6 Å². The van der Waals surface area contributed by atoms with Gasteiger partial charge in [-0.25, -0.2) is 9.97 Å². The molecule has 0 atom stereocenters. The average molecular weight is 300 g/mol. The molecule has 6 nitrogen and oxygen atoms in total. The van der Waals surface area contributed by atoms with Gasteiger partial charge in [-0.1, -0.05) is 13.8 Å². The highest BCUT2D eigenvalue weighted by Crippen LogP contribution is 2.16. The van der Waals surface area contributed by atoms with Crippen LogP contribution in [0.2, 0.25) is 0 Å². The minimum absolute atomic E-state index is 0.0476. The topological polar surface area (TPSA) is 84.0 Å². The molecule has 1 aromatic heterocycles. The number of aryl methyl sites for hydroxylation is 2. The van der Waals surface area contributed by atoms with E-state index < -0.39 is 0 Å². The van der Waals surface area contributed by atoms with Crippen LogP contribution in [0, 0.1) is 0 Å². The maximum atomic E-state index is 12.0. The fourth-order valence-electron chi connectivity index (χ4n) is 2.19. The molecule has 0 aliphatic carbocycles. The Hall–Kier alpha value is -2.50. The zero-order valence-corrected chi connectivity index (χ0v) is 13.1. The zero-order valence-electron chi connectivity index (χ0n) is 13.1. The number of hydrogen-bond acceptors (Lipinski definition) is 4. The van der Waals surface area contributed by atoms with Crippen LogP contribution in [0.5, 0.6) is 0 Å². The lowest BCUT2D eigenvalue weighted by Crippen LogP contribution is -2.35. The smallest absolute Gasteiger partial charge is 0.251 e. The third-order valence-electron chi connectivity index (χ3n) is 3.44. The van der Waals surface area contributed by atoms with Gasteiger partial charge in [0.2, 0.25) is 5.91 Å². The molecule has 2 N–H and O–H groups in total. The average Bonchev–Trinajstić information content (AvgIpc) is 2.57. The van der Waals surface area contributed by atoms with Crippen molar-refractivity contribution in [2.45, 2.75) is 26.7 Å². The van der Waals surface area contributed by atoms with Crippen molar-refractivity contribution in [2.24, 2.45) is 0 Å². The van der Waals surface area contributed by atoms with Crippen LogP contribution in [0.3, 0.4) is 0 Å². The molecule has 0 radical (unpaired) electrons. The number of carbonyl (C=O) groups is 2. The number of fused-ring (bicyclic) bond motifs is 1. The summed E-state index contributed by atoms with van der Waals surface area (Å²) in [7, 11) is 1.53. The number of carbonyl (C=O) groups excluding carboxylic acids is 2. The Balaban J connectivity index is 2.29. The van der Waals surface area contributed by atoms with Gasteiger partial charge in [0, 0.05) is 12.6 Å². The summed E-state index contributed by atoms with van der Waals surface area (Å²) in [5.74, 6) is -0.542. The molecule has 2 rings (SSSR count). The molecule has 2 aromatic rings. The van der Waals surface area contributed by atoms with E-state index in [1.165, 1.54) is 7.05 Å². The molecule has 0 aliphatic rings. The van der Waals surface area contributed by atoms with Gasteiger partial charge >= 0.3 is 0 Å². The maximum absolute atomic E-state index is 12.0. The summed E-state index contributed by atoms with van der Waals surface area (Å²) >= 11 is 0. The number of benzene rings is 1. The molecule has 2 amide bonds. The molecule has 0 saturated heterocycles. The highest BCUT2D eigenvalue weighted by atomic mass is 16.2. The Morgan fingerprint density at radius 1 is 1.05 bits per heavy atom. The van der Waals surface area contributed by atoms with Gasteiger partial charge in [-0.15, -0.1) is 0 Å². The third-order valence-corrected chi connectivity index (χ3v) is 3.44. The molecule has 22 heavy (non-hydrogen) atoms. The Morgan fingerprint density at radius 3 is 2.27 bits per heavy atom. The minimum Gasteiger partial charge on any atom is -0.358 e. The Morgan fingerprint density at radius 2 is 1.68 bits per heavy atom. The summed E-state index contributed by atoms with van der Waals surface area (Å²) in [6, 6.07) is 5.19. The number of rotatable bonds is 5. The molecule has 6 heteroatoms. The van der Waals surface area contributed by atoms with Gasteiger partial charge in [-0.05, 0) is 31.0 Å². The van der Waals surface area contributed by atoms with E-state index in [1.54, 1.807) is 18.2 Å². The van der Waals surface area contributed by atoms with Crippen molar-refractivity contribution in [3.8, 4) is 0 Å². The van der Waals surface area contributed by atoms with Crippen molar-refractivity contribution in [3.63, 3.8) is 0 Å². The van der Waals surface area contributed by atoms with Gasteiger partial charge < -0.3 is 10.6 Å². The van der Waals surface area contributed by atoms with E-state index >= 15 is 0 Å². The normalized spacial score (nSPS) is 10.5. The zero-order chi connectivity index (χ0) is 16.1. The Bertz CT molecular complexity index is 713. The molecule has 0 saturated carbocycles. The summed E-state index contributed by atoms with van der Waals surface area (Å²) in [5, 5.41) is 5.02. The molecular weight excluding hydrogens is 280 g/mol. The number of likely N-dealkylation sites (N-methyl/N-ethyl adjacent to an activating group) is 1. The second-order valence-corrected chi connectivity index (χ2v) is 4.88. The van der Waals surface area contributed by atoms with Gasteiger partial charge in [0.05, 0.1) is 29.0 Å². The van der Waals surface area contributed by atoms with Crippen molar-refractivity contribution < 1.29 is 9.59 Å². The number of hydrogen-bond donors (Lipinski definition) is 2. The number of nitrogens with one attached hydrogen (secondary N) is 2. The first-order chi connectivity index (χ1) is 10.6. The molecule has 1 heterocycles. The fourth-order valence-corrected chi connectivity index (χ4v) is 2.19. The molecule has 116 valence electrons. The summed E-state index contributed by atoms with van der Waals surface area (Å²) in [5.41, 5.74) is 3.89. The summed E-state index contributed by atoms with van der Waals surface area (Å²) in [6.45, 7) is 4.04. The van der Waals surface area contributed by atoms with Crippen molar-refractivity contribution in [2.75, 3.05) is 13.6 Å². The highest BCUT2D eigenvalue weighted by Gasteiger charge is 2.11. The molecule has 0 spiro atoms. The van der Waals surface area contributed by atoms with E-state index in [1.807, 2.05) is 6.92 Å². The number of amides is 2. The summed E-state index contributed by atoms with van der Waals surface area (Å²) in [4.78, 5) is 32.4. The van der Waals surface area contributed by atoms with Crippen LogP contribution in [-0.4, -0.2) is 35.4 Å². The molecule has 0 fully saturated rings. The second kappa shape index (κ2) is 6.98. The van der Waals surface area contributed by atoms with E-state index in [4.69, 9.17) is 0 Å². The maximum Gasteiger partial charge on any atom is 0.251 e. The van der Waals surface area contributed by atoms with Gasteiger partial charge in [0.15, 0.2) is 0 Å². The van der Waals surface area contributed by atoms with Crippen LogP contribution in [0.25, 0.3) is 11.0 Å². The largest absolute Gasteiger partial charge is 0.358 e. The molecule has 1 aromatic carbocycles. The van der Waals surface area contributed by atoms with Crippen LogP contribution in [0.1, 0.15) is 35.6 Å². The van der Waals surface area contributed by atoms with Gasteiger partial charge in [-0.2, -0.15) is 0 Å². The van der Waals surface area contributed by atoms with Gasteiger partial charge in [0.25, 0.3) is 5.91 Å². The molecule has 0 aliphatic heterocycles. The summed E-state index contributed by atoms with van der Waals surface area (Å²) < 4.78 is 0. The minimum atomic E-state index is -0.301. The van der Waals surface area contributed by atoms with Gasteiger partial charge in [-0.3, -0.25) is 9.59 Å². The van der Waals surface area contributed by atoms with Crippen LogP contribution in [0.15, 0.2) is 18.2 Å². The third kappa shape index (κ3) is 3.39. The number of nitrogens with zero attached hydrogens (tertiary/aromatic N) is 2. The second-order valence-electron chi connectivity index (χ2n) is 4.88. The SMILES string of the molecule is CCc1nc2ccc(C(=O)NCC(=O)NC)cc2nc1CC. The predicted molar refractivity (Wildman–Crippen MR) is 84.7 cm³/mol. The highest BCUT2D eigenvalue weighted by molar-refractivity contribution is 5.98. The predicted octanol–water partition coefficient (Wildman–Crippen LogP) is 1.23. The van der Waals surface area contributed by atoms with Crippen LogP contribution in [-0.2, 0) is 17.6 Å². The monoisotopic (exact) mass is 300 g/mol. The molecule has 0 unspecified atom stereocenters. The first-order valence-electron chi connectivity index (χ1n) is 7.37. The van der Waals surface area contributed by atoms with Crippen molar-refractivity contribution in [3.05, 3.63) is 35.2 Å². The van der Waals surface area contributed by atoms with Crippen LogP contribution < -0.4 is 10.6 Å². The van der Waals surface area contributed by atoms with E-state index in [0.29, 0.717) is 11.1 Å². The first kappa shape index (κ1) is 15.9. The van der Waals surface area contributed by atoms with E-state index in [9.17, 15) is 9.59 Å². The quantitative estimate of drug-likeness (QED) is 0.870. The Labute approximate surface area is 129 Å². The lowest BCUT2D eigenvalue weighted by molar-refractivity contribution is -0.119. The fraction of sp³-hybridized carbons (Fsp3) is 0.375. The number of aromatic nitrogens is 2. The lowest BCUT2D eigenvalue weighted by Gasteiger charge is -2.08. The lowest BCUT2D eigenvalue weighted by atomic mass is 10.1.